The average Bonchev–Trinajstić information content (AvgIpc) is 2.65. The molecule has 2 rings (SSSR count). The summed E-state index contributed by atoms with van der Waals surface area (Å²) in [6.07, 6.45) is 13.2. The molecule has 0 bridgehead atoms. The number of para-hydroxylation sites is 1. The number of allylic oxidation sites excluding steroid dienone is 8. The van der Waals surface area contributed by atoms with Crippen LogP contribution >= 0.6 is 0 Å². The molecule has 3 heteroatoms. The van der Waals surface area contributed by atoms with Crippen LogP contribution < -0.4 is 5.32 Å². The van der Waals surface area contributed by atoms with Crippen LogP contribution in [-0.4, -0.2) is 17.1 Å². The Kier molecular flexibility index (Phi) is 7.98. The predicted octanol–water partition coefficient (Wildman–Crippen LogP) is 6.13. The fourth-order valence-electron chi connectivity index (χ4n) is 3.50. The maximum Gasteiger partial charge on any atom is 0.248 e. The number of benzene rings is 1. The van der Waals surface area contributed by atoms with Crippen LogP contribution in [0.4, 0.5) is 5.69 Å². The number of hydrogen-bond acceptors (Lipinski definition) is 2. The highest BCUT2D eigenvalue weighted by Crippen LogP contribution is 2.40. The van der Waals surface area contributed by atoms with Gasteiger partial charge in [-0.15, -0.1) is 0 Å². The lowest BCUT2D eigenvalue weighted by Crippen LogP contribution is -2.27. The molecule has 0 saturated carbocycles. The predicted molar refractivity (Wildman–Crippen MR) is 123 cm³/mol. The van der Waals surface area contributed by atoms with E-state index in [0.717, 1.165) is 35.2 Å². The second-order valence-corrected chi connectivity index (χ2v) is 8.38. The van der Waals surface area contributed by atoms with Crippen LogP contribution in [-0.2, 0) is 4.79 Å². The zero-order valence-corrected chi connectivity index (χ0v) is 18.2. The van der Waals surface area contributed by atoms with E-state index in [-0.39, 0.29) is 17.4 Å². The largest absolute Gasteiger partial charge is 0.389 e. The second kappa shape index (κ2) is 10.2. The molecule has 3 nitrogen and oxygen atoms in total. The number of carbonyl (C=O) groups excluding carboxylic acids is 1. The van der Waals surface area contributed by atoms with Crippen molar-refractivity contribution >= 4 is 11.6 Å². The van der Waals surface area contributed by atoms with Crippen molar-refractivity contribution in [2.75, 3.05) is 5.32 Å². The summed E-state index contributed by atoms with van der Waals surface area (Å²) in [5.74, 6) is -0.139. The fraction of sp³-hybridized carbons (Fsp3) is 0.346. The number of aliphatic hydroxyl groups is 1. The van der Waals surface area contributed by atoms with Crippen LogP contribution in [0.15, 0.2) is 89.1 Å². The first-order valence-electron chi connectivity index (χ1n) is 10.2. The highest BCUT2D eigenvalue weighted by Gasteiger charge is 2.30. The van der Waals surface area contributed by atoms with E-state index >= 15 is 0 Å². The zero-order valence-electron chi connectivity index (χ0n) is 18.2. The van der Waals surface area contributed by atoms with Crippen LogP contribution in [0.25, 0.3) is 0 Å². The lowest BCUT2D eigenvalue weighted by molar-refractivity contribution is -0.111. The summed E-state index contributed by atoms with van der Waals surface area (Å²) in [5, 5.41) is 13.0. The molecule has 29 heavy (non-hydrogen) atoms. The molecule has 0 aliphatic heterocycles. The second-order valence-electron chi connectivity index (χ2n) is 8.38. The third-order valence-corrected chi connectivity index (χ3v) is 5.33. The van der Waals surface area contributed by atoms with E-state index in [1.807, 2.05) is 69.3 Å². The summed E-state index contributed by atoms with van der Waals surface area (Å²) in [4.78, 5) is 12.0. The molecule has 0 aromatic heterocycles. The molecular formula is C26H33NO2. The maximum absolute atomic E-state index is 12.0. The van der Waals surface area contributed by atoms with Crippen LogP contribution in [0.2, 0.25) is 0 Å². The molecule has 1 aliphatic rings. The van der Waals surface area contributed by atoms with Crippen molar-refractivity contribution in [1.29, 1.82) is 0 Å². The van der Waals surface area contributed by atoms with Crippen molar-refractivity contribution in [3.8, 4) is 0 Å². The summed E-state index contributed by atoms with van der Waals surface area (Å²) < 4.78 is 0. The van der Waals surface area contributed by atoms with E-state index in [0.29, 0.717) is 0 Å². The molecule has 0 saturated heterocycles. The van der Waals surface area contributed by atoms with Crippen molar-refractivity contribution in [3.63, 3.8) is 0 Å². The van der Waals surface area contributed by atoms with Crippen LogP contribution in [0.1, 0.15) is 47.5 Å². The Hall–Kier alpha value is -2.65. The smallest absolute Gasteiger partial charge is 0.248 e. The Morgan fingerprint density at radius 2 is 1.83 bits per heavy atom. The third-order valence-electron chi connectivity index (χ3n) is 5.33. The highest BCUT2D eigenvalue weighted by molar-refractivity contribution is 5.99. The van der Waals surface area contributed by atoms with Crippen molar-refractivity contribution in [1.82, 2.24) is 0 Å². The summed E-state index contributed by atoms with van der Waals surface area (Å²) in [6, 6.07) is 9.41. The van der Waals surface area contributed by atoms with E-state index in [1.54, 1.807) is 6.08 Å². The van der Waals surface area contributed by atoms with E-state index in [2.05, 4.69) is 31.3 Å². The molecule has 1 aromatic rings. The molecule has 0 heterocycles. The van der Waals surface area contributed by atoms with Crippen molar-refractivity contribution in [2.24, 2.45) is 5.41 Å². The number of hydrogen-bond donors (Lipinski definition) is 2. The van der Waals surface area contributed by atoms with Gasteiger partial charge in [-0.1, -0.05) is 68.0 Å². The fourth-order valence-corrected chi connectivity index (χ4v) is 3.50. The average molecular weight is 392 g/mol. The zero-order chi connectivity index (χ0) is 21.4. The van der Waals surface area contributed by atoms with Crippen molar-refractivity contribution in [2.45, 2.75) is 53.6 Å². The lowest BCUT2D eigenvalue weighted by Gasteiger charge is -2.35. The summed E-state index contributed by atoms with van der Waals surface area (Å²) in [6.45, 7) is 10.4. The van der Waals surface area contributed by atoms with Gasteiger partial charge >= 0.3 is 0 Å². The maximum atomic E-state index is 12.0. The Morgan fingerprint density at radius 3 is 2.52 bits per heavy atom. The molecule has 1 atom stereocenters. The minimum Gasteiger partial charge on any atom is -0.389 e. The Morgan fingerprint density at radius 1 is 1.14 bits per heavy atom. The standard InChI is InChI=1S/C26H33NO2/c1-19(14-15-23-21(3)24(28)16-17-26(23,4)5)10-9-11-20(2)18-25(29)27-22-12-7-6-8-13-22/h6-15,18,24,28H,16-17H2,1-5H3,(H,27,29). The number of rotatable bonds is 6. The summed E-state index contributed by atoms with van der Waals surface area (Å²) in [5.41, 5.74) is 5.15. The first kappa shape index (κ1) is 22.6. The van der Waals surface area contributed by atoms with Gasteiger partial charge in [0.2, 0.25) is 5.91 Å². The van der Waals surface area contributed by atoms with Gasteiger partial charge in [0.1, 0.15) is 0 Å². The number of nitrogens with one attached hydrogen (secondary N) is 1. The number of aliphatic hydroxyl groups excluding tert-OH is 1. The summed E-state index contributed by atoms with van der Waals surface area (Å²) >= 11 is 0. The number of amides is 1. The van der Waals surface area contributed by atoms with E-state index < -0.39 is 0 Å². The third kappa shape index (κ3) is 7.03. The van der Waals surface area contributed by atoms with Gasteiger partial charge in [0.15, 0.2) is 0 Å². The molecule has 154 valence electrons. The number of carbonyl (C=O) groups is 1. The van der Waals surface area contributed by atoms with Gasteiger partial charge in [0, 0.05) is 11.8 Å². The molecule has 0 spiro atoms. The van der Waals surface area contributed by atoms with Crippen LogP contribution in [0.5, 0.6) is 0 Å². The SMILES string of the molecule is CC(C=CC1=C(C)C(O)CCC1(C)C)=CC=CC(C)=CC(=O)Nc1ccccc1. The molecule has 1 aromatic carbocycles. The molecule has 0 radical (unpaired) electrons. The topological polar surface area (TPSA) is 49.3 Å². The van der Waals surface area contributed by atoms with Gasteiger partial charge in [-0.25, -0.2) is 0 Å². The van der Waals surface area contributed by atoms with Crippen molar-refractivity contribution in [3.05, 3.63) is 89.1 Å². The quantitative estimate of drug-likeness (QED) is 0.453. The van der Waals surface area contributed by atoms with E-state index in [9.17, 15) is 9.90 Å². The van der Waals surface area contributed by atoms with Crippen LogP contribution in [0, 0.1) is 5.41 Å². The van der Waals surface area contributed by atoms with Crippen molar-refractivity contribution < 1.29 is 9.90 Å². The Bertz CT molecular complexity index is 867. The first-order chi connectivity index (χ1) is 13.7. The van der Waals surface area contributed by atoms with E-state index in [1.165, 1.54) is 5.57 Å². The highest BCUT2D eigenvalue weighted by atomic mass is 16.3. The molecule has 0 fully saturated rings. The molecular weight excluding hydrogens is 358 g/mol. The molecule has 1 aliphatic carbocycles. The minimum absolute atomic E-state index is 0.0847. The Balaban J connectivity index is 1.99. The van der Waals surface area contributed by atoms with Gasteiger partial charge in [0.25, 0.3) is 0 Å². The molecule has 2 N–H and O–H groups in total. The normalized spacial score (nSPS) is 20.6. The monoisotopic (exact) mass is 391 g/mol. The molecule has 1 unspecified atom stereocenters. The molecule has 1 amide bonds. The van der Waals surface area contributed by atoms with Gasteiger partial charge in [0.05, 0.1) is 6.10 Å². The van der Waals surface area contributed by atoms with Crippen LogP contribution in [0.3, 0.4) is 0 Å². The lowest BCUT2D eigenvalue weighted by atomic mass is 9.71. The van der Waals surface area contributed by atoms with Gasteiger partial charge < -0.3 is 10.4 Å². The van der Waals surface area contributed by atoms with Gasteiger partial charge in [-0.2, -0.15) is 0 Å². The Labute approximate surface area is 175 Å². The minimum atomic E-state index is -0.332. The number of anilines is 1. The van der Waals surface area contributed by atoms with E-state index in [4.69, 9.17) is 0 Å². The summed E-state index contributed by atoms with van der Waals surface area (Å²) in [7, 11) is 0. The van der Waals surface area contributed by atoms with Gasteiger partial charge in [-0.05, 0) is 67.9 Å². The first-order valence-corrected chi connectivity index (χ1v) is 10.2. The van der Waals surface area contributed by atoms with Gasteiger partial charge in [-0.3, -0.25) is 4.79 Å².